The number of nitrogens with zero attached hydrogens (tertiary/aromatic N) is 3. The smallest absolute Gasteiger partial charge is 0.324 e. The minimum atomic E-state index is -0.337. The molecule has 0 unspecified atom stereocenters. The van der Waals surface area contributed by atoms with E-state index in [9.17, 15) is 4.79 Å². The van der Waals surface area contributed by atoms with Gasteiger partial charge in [-0.05, 0) is 31.0 Å². The van der Waals surface area contributed by atoms with Crippen LogP contribution in [0.3, 0.4) is 0 Å². The second-order valence-corrected chi connectivity index (χ2v) is 6.42. The lowest BCUT2D eigenvalue weighted by Crippen LogP contribution is -2.22. The molecule has 1 aromatic heterocycles. The number of aryl methyl sites for hydroxylation is 1. The van der Waals surface area contributed by atoms with Gasteiger partial charge in [0, 0.05) is 43.8 Å². The van der Waals surface area contributed by atoms with E-state index in [0.717, 1.165) is 11.4 Å². The van der Waals surface area contributed by atoms with Gasteiger partial charge in [0.15, 0.2) is 5.82 Å². The normalized spacial score (nSPS) is 13.7. The van der Waals surface area contributed by atoms with Gasteiger partial charge in [0.05, 0.1) is 11.4 Å². The van der Waals surface area contributed by atoms with Gasteiger partial charge in [-0.15, -0.1) is 0 Å². The van der Waals surface area contributed by atoms with Crippen LogP contribution in [0.2, 0.25) is 5.02 Å². The average Bonchev–Trinajstić information content (AvgIpc) is 3.23. The first-order valence-corrected chi connectivity index (χ1v) is 7.90. The number of benzene rings is 1. The van der Waals surface area contributed by atoms with Crippen molar-refractivity contribution in [2.45, 2.75) is 18.8 Å². The molecular formula is C16H20ClN5O. The lowest BCUT2D eigenvalue weighted by molar-refractivity contribution is 0.262. The Balaban J connectivity index is 1.72. The van der Waals surface area contributed by atoms with Crippen molar-refractivity contribution in [2.24, 2.45) is 7.05 Å². The summed E-state index contributed by atoms with van der Waals surface area (Å²) in [5.74, 6) is 1.14. The van der Waals surface area contributed by atoms with Gasteiger partial charge >= 0.3 is 6.03 Å². The molecule has 0 bridgehead atoms. The highest BCUT2D eigenvalue weighted by Crippen LogP contribution is 2.40. The maximum atomic E-state index is 12.2. The number of carbonyl (C=O) groups excluding carboxylic acids is 1. The van der Waals surface area contributed by atoms with E-state index in [0.29, 0.717) is 22.4 Å². The van der Waals surface area contributed by atoms with Gasteiger partial charge in [0.25, 0.3) is 0 Å². The van der Waals surface area contributed by atoms with Gasteiger partial charge in [-0.3, -0.25) is 10.00 Å². The first-order valence-electron chi connectivity index (χ1n) is 7.53. The highest BCUT2D eigenvalue weighted by molar-refractivity contribution is 6.31. The van der Waals surface area contributed by atoms with E-state index in [1.165, 1.54) is 12.8 Å². The molecule has 3 rings (SSSR count). The van der Waals surface area contributed by atoms with Crippen molar-refractivity contribution in [1.29, 1.82) is 0 Å². The second kappa shape index (κ2) is 6.12. The molecule has 1 aromatic carbocycles. The number of anilines is 3. The standard InChI is InChI=1S/C16H20ClN5O/c1-21(2)13-7-6-11(17)8-12(13)18-16(23)19-15-9-14(10-4-5-10)22(3)20-15/h6-10H,4-5H2,1-3H3,(H2,18,19,20,23). The largest absolute Gasteiger partial charge is 0.376 e. The molecule has 23 heavy (non-hydrogen) atoms. The summed E-state index contributed by atoms with van der Waals surface area (Å²) in [6.07, 6.45) is 2.39. The maximum absolute atomic E-state index is 12.2. The fraction of sp³-hybridized carbons (Fsp3) is 0.375. The molecule has 1 aliphatic carbocycles. The Morgan fingerprint density at radius 1 is 1.30 bits per heavy atom. The monoisotopic (exact) mass is 333 g/mol. The van der Waals surface area contributed by atoms with Crippen LogP contribution in [0, 0.1) is 0 Å². The molecule has 1 aliphatic rings. The van der Waals surface area contributed by atoms with Gasteiger partial charge in [-0.25, -0.2) is 4.79 Å². The minimum absolute atomic E-state index is 0.337. The van der Waals surface area contributed by atoms with Crippen molar-refractivity contribution in [3.8, 4) is 0 Å². The van der Waals surface area contributed by atoms with Gasteiger partial charge < -0.3 is 10.2 Å². The van der Waals surface area contributed by atoms with Gasteiger partial charge in [-0.1, -0.05) is 11.6 Å². The zero-order valence-corrected chi connectivity index (χ0v) is 14.2. The Labute approximate surface area is 140 Å². The summed E-state index contributed by atoms with van der Waals surface area (Å²) in [4.78, 5) is 14.2. The van der Waals surface area contributed by atoms with Crippen LogP contribution in [-0.4, -0.2) is 29.9 Å². The molecule has 2 aromatic rings. The maximum Gasteiger partial charge on any atom is 0.324 e. The van der Waals surface area contributed by atoms with Crippen molar-refractivity contribution < 1.29 is 4.79 Å². The summed E-state index contributed by atoms with van der Waals surface area (Å²) in [5, 5.41) is 10.5. The predicted molar refractivity (Wildman–Crippen MR) is 93.6 cm³/mol. The molecule has 0 spiro atoms. The molecular weight excluding hydrogens is 314 g/mol. The molecule has 2 N–H and O–H groups in total. The average molecular weight is 334 g/mol. The van der Waals surface area contributed by atoms with E-state index in [-0.39, 0.29) is 6.03 Å². The highest BCUT2D eigenvalue weighted by atomic mass is 35.5. The number of hydrogen-bond acceptors (Lipinski definition) is 3. The van der Waals surface area contributed by atoms with Crippen molar-refractivity contribution in [1.82, 2.24) is 9.78 Å². The zero-order valence-electron chi connectivity index (χ0n) is 13.4. The lowest BCUT2D eigenvalue weighted by Gasteiger charge is -2.18. The van der Waals surface area contributed by atoms with Crippen molar-refractivity contribution in [2.75, 3.05) is 29.6 Å². The summed E-state index contributed by atoms with van der Waals surface area (Å²) in [5.41, 5.74) is 2.69. The molecule has 0 radical (unpaired) electrons. The van der Waals surface area contributed by atoms with E-state index in [2.05, 4.69) is 15.7 Å². The van der Waals surface area contributed by atoms with Crippen molar-refractivity contribution in [3.05, 3.63) is 35.0 Å². The van der Waals surface area contributed by atoms with Crippen LogP contribution in [-0.2, 0) is 7.05 Å². The van der Waals surface area contributed by atoms with Crippen LogP contribution in [0.1, 0.15) is 24.5 Å². The zero-order chi connectivity index (χ0) is 16.6. The summed E-state index contributed by atoms with van der Waals surface area (Å²) in [6.45, 7) is 0. The number of carbonyl (C=O) groups is 1. The third kappa shape index (κ3) is 3.59. The molecule has 122 valence electrons. The SMILES string of the molecule is CN(C)c1ccc(Cl)cc1NC(=O)Nc1cc(C2CC2)n(C)n1. The summed E-state index contributed by atoms with van der Waals surface area (Å²) in [6, 6.07) is 6.98. The van der Waals surface area contributed by atoms with Gasteiger partial charge in [0.2, 0.25) is 0 Å². The van der Waals surface area contributed by atoms with Crippen LogP contribution in [0.4, 0.5) is 22.0 Å². The summed E-state index contributed by atoms with van der Waals surface area (Å²) in [7, 11) is 5.72. The second-order valence-electron chi connectivity index (χ2n) is 5.99. The Morgan fingerprint density at radius 2 is 2.04 bits per heavy atom. The van der Waals surface area contributed by atoms with Crippen LogP contribution >= 0.6 is 11.6 Å². The van der Waals surface area contributed by atoms with Crippen LogP contribution < -0.4 is 15.5 Å². The molecule has 2 amide bonds. The first-order chi connectivity index (χ1) is 10.9. The van der Waals surface area contributed by atoms with E-state index < -0.39 is 0 Å². The Bertz CT molecular complexity index is 736. The third-order valence-electron chi connectivity index (χ3n) is 3.84. The van der Waals surface area contributed by atoms with Crippen LogP contribution in [0.5, 0.6) is 0 Å². The fourth-order valence-corrected chi connectivity index (χ4v) is 2.74. The topological polar surface area (TPSA) is 62.2 Å². The number of amides is 2. The molecule has 6 nitrogen and oxygen atoms in total. The molecule has 0 aliphatic heterocycles. The Kier molecular flexibility index (Phi) is 4.17. The number of urea groups is 1. The van der Waals surface area contributed by atoms with Crippen LogP contribution in [0.25, 0.3) is 0 Å². The molecule has 1 saturated carbocycles. The first kappa shape index (κ1) is 15.7. The fourth-order valence-electron chi connectivity index (χ4n) is 2.57. The summed E-state index contributed by atoms with van der Waals surface area (Å²) >= 11 is 6.03. The number of nitrogens with one attached hydrogen (secondary N) is 2. The number of rotatable bonds is 4. The molecule has 7 heteroatoms. The molecule has 1 heterocycles. The Morgan fingerprint density at radius 3 is 2.70 bits per heavy atom. The van der Waals surface area contributed by atoms with E-state index in [4.69, 9.17) is 11.6 Å². The van der Waals surface area contributed by atoms with Crippen LogP contribution in [0.15, 0.2) is 24.3 Å². The Hall–Kier alpha value is -2.21. The van der Waals surface area contributed by atoms with Gasteiger partial charge in [-0.2, -0.15) is 5.10 Å². The van der Waals surface area contributed by atoms with E-state index in [1.54, 1.807) is 12.1 Å². The van der Waals surface area contributed by atoms with Crippen molar-refractivity contribution in [3.63, 3.8) is 0 Å². The molecule has 1 fully saturated rings. The molecule has 0 atom stereocenters. The predicted octanol–water partition coefficient (Wildman–Crippen LogP) is 3.66. The number of halogens is 1. The third-order valence-corrected chi connectivity index (χ3v) is 4.08. The van der Waals surface area contributed by atoms with Gasteiger partial charge in [0.1, 0.15) is 0 Å². The van der Waals surface area contributed by atoms with E-state index in [1.807, 2.05) is 42.9 Å². The minimum Gasteiger partial charge on any atom is -0.376 e. The van der Waals surface area contributed by atoms with Crippen molar-refractivity contribution >= 4 is 34.8 Å². The quantitative estimate of drug-likeness (QED) is 0.897. The highest BCUT2D eigenvalue weighted by Gasteiger charge is 2.27. The lowest BCUT2D eigenvalue weighted by atomic mass is 10.2. The summed E-state index contributed by atoms with van der Waals surface area (Å²) < 4.78 is 1.83. The number of aromatic nitrogens is 2. The molecule has 0 saturated heterocycles. The van der Waals surface area contributed by atoms with E-state index >= 15 is 0 Å². The number of hydrogen-bond donors (Lipinski definition) is 2.